The molecule has 1 N–H and O–H groups in total. The lowest BCUT2D eigenvalue weighted by Gasteiger charge is -2.30. The van der Waals surface area contributed by atoms with Crippen LogP contribution in [0.2, 0.25) is 0 Å². The molecule has 1 aliphatic heterocycles. The van der Waals surface area contributed by atoms with Crippen LogP contribution in [-0.2, 0) is 21.9 Å². The Balaban J connectivity index is 1.70. The van der Waals surface area contributed by atoms with Crippen LogP contribution in [0.3, 0.4) is 0 Å². The summed E-state index contributed by atoms with van der Waals surface area (Å²) in [6, 6.07) is 7.07. The zero-order chi connectivity index (χ0) is 18.7. The Kier molecular flexibility index (Phi) is 5.28. The van der Waals surface area contributed by atoms with Crippen molar-refractivity contribution >= 4 is 21.6 Å². The summed E-state index contributed by atoms with van der Waals surface area (Å²) in [6.07, 6.45) is 4.19. The summed E-state index contributed by atoms with van der Waals surface area (Å²) in [6.45, 7) is 0.538. The maximum Gasteiger partial charge on any atom is 0.262 e. The van der Waals surface area contributed by atoms with Crippen molar-refractivity contribution in [2.45, 2.75) is 17.9 Å². The van der Waals surface area contributed by atoms with Crippen LogP contribution in [0.25, 0.3) is 0 Å². The van der Waals surface area contributed by atoms with Gasteiger partial charge in [-0.15, -0.1) is 0 Å². The SMILES string of the molecule is COc1cccc(NC(=O)C2CCCN(S(=O)(=O)c3cn(C)cn3)C2)c1. The molecule has 8 nitrogen and oxygen atoms in total. The number of piperidine rings is 1. The third-order valence-corrected chi connectivity index (χ3v) is 6.13. The highest BCUT2D eigenvalue weighted by molar-refractivity contribution is 7.89. The summed E-state index contributed by atoms with van der Waals surface area (Å²) in [5, 5.41) is 2.85. The molecule has 9 heteroatoms. The van der Waals surface area contributed by atoms with Crippen LogP contribution in [0.15, 0.2) is 41.8 Å². The second kappa shape index (κ2) is 7.46. The van der Waals surface area contributed by atoms with Crippen LogP contribution in [0.5, 0.6) is 5.75 Å². The van der Waals surface area contributed by atoms with Crippen molar-refractivity contribution in [3.63, 3.8) is 0 Å². The van der Waals surface area contributed by atoms with Gasteiger partial charge in [0.15, 0.2) is 5.03 Å². The number of hydrogen-bond donors (Lipinski definition) is 1. The Morgan fingerprint density at radius 2 is 2.19 bits per heavy atom. The molecule has 0 saturated carbocycles. The number of hydrogen-bond acceptors (Lipinski definition) is 5. The van der Waals surface area contributed by atoms with E-state index in [2.05, 4.69) is 10.3 Å². The van der Waals surface area contributed by atoms with Crippen molar-refractivity contribution in [3.8, 4) is 5.75 Å². The van der Waals surface area contributed by atoms with Gasteiger partial charge in [0.2, 0.25) is 5.91 Å². The predicted octanol–water partition coefficient (Wildman–Crippen LogP) is 1.47. The van der Waals surface area contributed by atoms with E-state index < -0.39 is 15.9 Å². The van der Waals surface area contributed by atoms with Crippen LogP contribution < -0.4 is 10.1 Å². The number of aryl methyl sites for hydroxylation is 1. The fourth-order valence-electron chi connectivity index (χ4n) is 2.97. The van der Waals surface area contributed by atoms with Gasteiger partial charge in [-0.05, 0) is 25.0 Å². The Morgan fingerprint density at radius 1 is 1.38 bits per heavy atom. The minimum absolute atomic E-state index is 0.00820. The van der Waals surface area contributed by atoms with Crippen molar-refractivity contribution in [2.75, 3.05) is 25.5 Å². The van der Waals surface area contributed by atoms with E-state index in [0.717, 1.165) is 0 Å². The van der Waals surface area contributed by atoms with Crippen molar-refractivity contribution < 1.29 is 17.9 Å². The molecule has 26 heavy (non-hydrogen) atoms. The lowest BCUT2D eigenvalue weighted by Crippen LogP contribution is -2.43. The monoisotopic (exact) mass is 378 g/mol. The van der Waals surface area contributed by atoms with E-state index in [1.54, 1.807) is 43.0 Å². The first-order valence-corrected chi connectivity index (χ1v) is 9.77. The summed E-state index contributed by atoms with van der Waals surface area (Å²) in [5.74, 6) is 0.0402. The normalized spacial score (nSPS) is 18.5. The third kappa shape index (κ3) is 3.88. The van der Waals surface area contributed by atoms with E-state index in [-0.39, 0.29) is 17.5 Å². The van der Waals surface area contributed by atoms with Gasteiger partial charge in [0.05, 0.1) is 19.4 Å². The number of anilines is 1. The van der Waals surface area contributed by atoms with Crippen molar-refractivity contribution in [1.82, 2.24) is 13.9 Å². The molecule has 3 rings (SSSR count). The zero-order valence-corrected chi connectivity index (χ0v) is 15.6. The van der Waals surface area contributed by atoms with E-state index >= 15 is 0 Å². The summed E-state index contributed by atoms with van der Waals surface area (Å²) >= 11 is 0. The number of sulfonamides is 1. The molecule has 1 aromatic heterocycles. The standard InChI is InChI=1S/C17H22N4O4S/c1-20-11-16(18-12-20)26(23,24)21-8-4-5-13(10-21)17(22)19-14-6-3-7-15(9-14)25-2/h3,6-7,9,11-13H,4-5,8,10H2,1-2H3,(H,19,22). The van der Waals surface area contributed by atoms with Gasteiger partial charge >= 0.3 is 0 Å². The largest absolute Gasteiger partial charge is 0.497 e. The molecule has 140 valence electrons. The van der Waals surface area contributed by atoms with Gasteiger partial charge in [-0.1, -0.05) is 6.07 Å². The van der Waals surface area contributed by atoms with Gasteiger partial charge in [0, 0.05) is 38.1 Å². The number of amides is 1. The van der Waals surface area contributed by atoms with Crippen LogP contribution in [0.4, 0.5) is 5.69 Å². The third-order valence-electron chi connectivity index (χ3n) is 4.38. The number of aromatic nitrogens is 2. The molecule has 1 fully saturated rings. The number of carbonyl (C=O) groups excluding carboxylic acids is 1. The number of imidazole rings is 1. The van der Waals surface area contributed by atoms with Gasteiger partial charge in [-0.25, -0.2) is 13.4 Å². The molecule has 1 atom stereocenters. The molecular formula is C17H22N4O4S. The summed E-state index contributed by atoms with van der Waals surface area (Å²) in [5.41, 5.74) is 0.624. The van der Waals surface area contributed by atoms with Crippen LogP contribution >= 0.6 is 0 Å². The first-order chi connectivity index (χ1) is 12.4. The number of ether oxygens (including phenoxy) is 1. The molecule has 1 unspecified atom stereocenters. The quantitative estimate of drug-likeness (QED) is 0.850. The van der Waals surface area contributed by atoms with Gasteiger partial charge in [0.25, 0.3) is 10.0 Å². The molecule has 0 aliphatic carbocycles. The van der Waals surface area contributed by atoms with Crippen LogP contribution in [-0.4, -0.2) is 48.4 Å². The highest BCUT2D eigenvalue weighted by atomic mass is 32.2. The summed E-state index contributed by atoms with van der Waals surface area (Å²) in [7, 11) is -0.417. The molecule has 2 aromatic rings. The van der Waals surface area contributed by atoms with Gasteiger partial charge in [-0.2, -0.15) is 4.31 Å². The van der Waals surface area contributed by atoms with Crippen molar-refractivity contribution in [1.29, 1.82) is 0 Å². The molecule has 2 heterocycles. The number of rotatable bonds is 5. The van der Waals surface area contributed by atoms with Crippen molar-refractivity contribution in [3.05, 3.63) is 36.8 Å². The van der Waals surface area contributed by atoms with Gasteiger partial charge in [0.1, 0.15) is 5.75 Å². The van der Waals surface area contributed by atoms with E-state index in [1.807, 2.05) is 0 Å². The maximum absolute atomic E-state index is 12.7. The van der Waals surface area contributed by atoms with Crippen LogP contribution in [0.1, 0.15) is 12.8 Å². The minimum atomic E-state index is -3.69. The van der Waals surface area contributed by atoms with E-state index in [0.29, 0.717) is 30.8 Å². The Morgan fingerprint density at radius 3 is 2.88 bits per heavy atom. The Hall–Kier alpha value is -2.39. The maximum atomic E-state index is 12.7. The highest BCUT2D eigenvalue weighted by Crippen LogP contribution is 2.24. The lowest BCUT2D eigenvalue weighted by molar-refractivity contribution is -0.120. The molecular weight excluding hydrogens is 356 g/mol. The van der Waals surface area contributed by atoms with E-state index in [4.69, 9.17) is 4.74 Å². The fourth-order valence-corrected chi connectivity index (χ4v) is 4.46. The molecule has 1 amide bonds. The lowest BCUT2D eigenvalue weighted by atomic mass is 9.98. The average molecular weight is 378 g/mol. The fraction of sp³-hybridized carbons (Fsp3) is 0.412. The number of methoxy groups -OCH3 is 1. The number of nitrogens with zero attached hydrogens (tertiary/aromatic N) is 3. The van der Waals surface area contributed by atoms with E-state index in [1.165, 1.54) is 16.8 Å². The Labute approximate surface area is 152 Å². The topological polar surface area (TPSA) is 93.5 Å². The summed E-state index contributed by atoms with van der Waals surface area (Å²) < 4.78 is 33.5. The predicted molar refractivity (Wildman–Crippen MR) is 96.3 cm³/mol. The first-order valence-electron chi connectivity index (χ1n) is 8.33. The number of carbonyl (C=O) groups is 1. The van der Waals surface area contributed by atoms with Gasteiger partial charge < -0.3 is 14.6 Å². The molecule has 1 saturated heterocycles. The number of benzene rings is 1. The molecule has 1 aliphatic rings. The molecule has 0 spiro atoms. The Bertz CT molecular complexity index is 894. The molecule has 0 radical (unpaired) electrons. The smallest absolute Gasteiger partial charge is 0.262 e. The zero-order valence-electron chi connectivity index (χ0n) is 14.8. The molecule has 0 bridgehead atoms. The molecule has 1 aromatic carbocycles. The second-order valence-corrected chi connectivity index (χ2v) is 8.19. The summed E-state index contributed by atoms with van der Waals surface area (Å²) in [4.78, 5) is 16.5. The van der Waals surface area contributed by atoms with Gasteiger partial charge in [-0.3, -0.25) is 4.79 Å². The highest BCUT2D eigenvalue weighted by Gasteiger charge is 2.34. The van der Waals surface area contributed by atoms with Crippen molar-refractivity contribution in [2.24, 2.45) is 13.0 Å². The van der Waals surface area contributed by atoms with Crippen LogP contribution in [0, 0.1) is 5.92 Å². The first kappa shape index (κ1) is 18.4. The minimum Gasteiger partial charge on any atom is -0.497 e. The average Bonchev–Trinajstić information content (AvgIpc) is 3.09. The number of nitrogens with one attached hydrogen (secondary N) is 1. The second-order valence-electron chi connectivity index (χ2n) is 6.30. The van der Waals surface area contributed by atoms with E-state index in [9.17, 15) is 13.2 Å².